The number of hydrogen-bond acceptors (Lipinski definition) is 1. The van der Waals surface area contributed by atoms with Crippen LogP contribution in [0.1, 0.15) is 122 Å². The zero-order valence-corrected chi connectivity index (χ0v) is 16.4. The molecule has 1 amide bonds. The molecule has 0 aromatic carbocycles. The summed E-state index contributed by atoms with van der Waals surface area (Å²) in [6, 6.07) is 0. The highest BCUT2D eigenvalue weighted by Crippen LogP contribution is 2.14. The molecule has 0 aromatic heterocycles. The summed E-state index contributed by atoms with van der Waals surface area (Å²) in [4.78, 5) is 10.6. The molecule has 0 aromatic rings. The van der Waals surface area contributed by atoms with E-state index < -0.39 is 0 Å². The van der Waals surface area contributed by atoms with E-state index in [0.29, 0.717) is 6.42 Å². The van der Waals surface area contributed by atoms with Crippen LogP contribution in [0.2, 0.25) is 0 Å². The highest BCUT2D eigenvalue weighted by molar-refractivity contribution is 5.85. The quantitative estimate of drug-likeness (QED) is 0.268. The van der Waals surface area contributed by atoms with Crippen molar-refractivity contribution in [3.8, 4) is 0 Å². The second-order valence-electron chi connectivity index (χ2n) is 6.87. The van der Waals surface area contributed by atoms with Crippen LogP contribution in [-0.2, 0) is 4.79 Å². The molecule has 0 atom stereocenters. The fraction of sp³-hybridized carbons (Fsp3) is 0.950. The zero-order chi connectivity index (χ0) is 16.3. The molecular formula is C20H42ClNO. The number of rotatable bonds is 18. The molecule has 23 heavy (non-hydrogen) atoms. The lowest BCUT2D eigenvalue weighted by Crippen LogP contribution is -2.09. The first-order valence-electron chi connectivity index (χ1n) is 10.1. The number of amides is 1. The van der Waals surface area contributed by atoms with Crippen LogP contribution < -0.4 is 5.73 Å². The van der Waals surface area contributed by atoms with Gasteiger partial charge in [-0.3, -0.25) is 4.79 Å². The van der Waals surface area contributed by atoms with Gasteiger partial charge in [-0.2, -0.15) is 0 Å². The van der Waals surface area contributed by atoms with Gasteiger partial charge >= 0.3 is 0 Å². The molecule has 0 bridgehead atoms. The average molecular weight is 348 g/mol. The molecule has 0 spiro atoms. The van der Waals surface area contributed by atoms with Gasteiger partial charge in [0.05, 0.1) is 0 Å². The molecule has 0 saturated heterocycles. The second-order valence-corrected chi connectivity index (χ2v) is 6.87. The van der Waals surface area contributed by atoms with Gasteiger partial charge in [0.15, 0.2) is 0 Å². The van der Waals surface area contributed by atoms with Crippen molar-refractivity contribution in [1.82, 2.24) is 0 Å². The lowest BCUT2D eigenvalue weighted by Gasteiger charge is -2.03. The third-order valence-corrected chi connectivity index (χ3v) is 4.53. The molecule has 0 rings (SSSR count). The smallest absolute Gasteiger partial charge is 0.217 e. The molecule has 0 aliphatic rings. The summed E-state index contributed by atoms with van der Waals surface area (Å²) >= 11 is 0. The van der Waals surface area contributed by atoms with Crippen LogP contribution in [0, 0.1) is 0 Å². The van der Waals surface area contributed by atoms with Gasteiger partial charge in [0, 0.05) is 6.42 Å². The van der Waals surface area contributed by atoms with Crippen LogP contribution in [0.3, 0.4) is 0 Å². The standard InChI is InChI=1S/C20H41NO.ClH/c1-2-3-4-5-6-7-8-9-10-11-12-13-14-15-16-17-18-19-20(21)22;/h2-19H2,1H3,(H2,21,22);1H. The largest absolute Gasteiger partial charge is 0.370 e. The van der Waals surface area contributed by atoms with Gasteiger partial charge in [-0.25, -0.2) is 0 Å². The van der Waals surface area contributed by atoms with E-state index in [2.05, 4.69) is 6.92 Å². The lowest BCUT2D eigenvalue weighted by atomic mass is 10.0. The molecule has 0 radical (unpaired) electrons. The Morgan fingerprint density at radius 2 is 0.826 bits per heavy atom. The van der Waals surface area contributed by atoms with E-state index >= 15 is 0 Å². The van der Waals surface area contributed by atoms with E-state index in [0.717, 1.165) is 6.42 Å². The van der Waals surface area contributed by atoms with Crippen LogP contribution in [0.25, 0.3) is 0 Å². The van der Waals surface area contributed by atoms with E-state index in [1.54, 1.807) is 0 Å². The number of primary amides is 1. The summed E-state index contributed by atoms with van der Waals surface area (Å²) in [7, 11) is 0. The maximum absolute atomic E-state index is 10.6. The van der Waals surface area contributed by atoms with Crippen LogP contribution in [0.15, 0.2) is 0 Å². The molecule has 0 unspecified atom stereocenters. The Morgan fingerprint density at radius 1 is 0.565 bits per heavy atom. The van der Waals surface area contributed by atoms with Crippen molar-refractivity contribution in [2.24, 2.45) is 5.73 Å². The minimum absolute atomic E-state index is 0. The first-order chi connectivity index (χ1) is 10.8. The summed E-state index contributed by atoms with van der Waals surface area (Å²) in [5.74, 6) is -0.152. The minimum atomic E-state index is -0.152. The molecule has 2 nitrogen and oxygen atoms in total. The maximum Gasteiger partial charge on any atom is 0.217 e. The molecule has 140 valence electrons. The molecule has 0 aliphatic carbocycles. The predicted octanol–water partition coefficient (Wildman–Crippen LogP) is 6.94. The summed E-state index contributed by atoms with van der Waals surface area (Å²) in [6.07, 6.45) is 23.8. The van der Waals surface area contributed by atoms with Crippen LogP contribution in [0.4, 0.5) is 0 Å². The monoisotopic (exact) mass is 347 g/mol. The first-order valence-corrected chi connectivity index (χ1v) is 10.1. The summed E-state index contributed by atoms with van der Waals surface area (Å²) in [6.45, 7) is 2.28. The topological polar surface area (TPSA) is 43.1 Å². The van der Waals surface area contributed by atoms with Gasteiger partial charge in [-0.1, -0.05) is 110 Å². The number of halogens is 1. The summed E-state index contributed by atoms with van der Waals surface area (Å²) in [5.41, 5.74) is 5.12. The zero-order valence-electron chi connectivity index (χ0n) is 15.6. The molecule has 2 N–H and O–H groups in total. The Labute approximate surface area is 151 Å². The average Bonchev–Trinajstić information content (AvgIpc) is 2.50. The Morgan fingerprint density at radius 3 is 1.09 bits per heavy atom. The Bertz CT molecular complexity index is 234. The lowest BCUT2D eigenvalue weighted by molar-refractivity contribution is -0.118. The summed E-state index contributed by atoms with van der Waals surface area (Å²) < 4.78 is 0. The van der Waals surface area contributed by atoms with Gasteiger partial charge in [-0.05, 0) is 6.42 Å². The van der Waals surface area contributed by atoms with E-state index in [4.69, 9.17) is 5.73 Å². The first kappa shape index (κ1) is 25.0. The minimum Gasteiger partial charge on any atom is -0.370 e. The van der Waals surface area contributed by atoms with Crippen molar-refractivity contribution in [3.05, 3.63) is 0 Å². The predicted molar refractivity (Wildman–Crippen MR) is 105 cm³/mol. The molecule has 0 aliphatic heterocycles. The molecule has 0 saturated carbocycles. The van der Waals surface area contributed by atoms with Crippen molar-refractivity contribution in [3.63, 3.8) is 0 Å². The molecule has 3 heteroatoms. The molecule has 0 fully saturated rings. The van der Waals surface area contributed by atoms with Crippen LogP contribution in [0.5, 0.6) is 0 Å². The van der Waals surface area contributed by atoms with Crippen molar-refractivity contribution in [2.45, 2.75) is 122 Å². The number of carbonyl (C=O) groups is 1. The maximum atomic E-state index is 10.6. The fourth-order valence-electron chi connectivity index (χ4n) is 3.02. The van der Waals surface area contributed by atoms with Gasteiger partial charge < -0.3 is 5.73 Å². The number of nitrogens with two attached hydrogens (primary N) is 1. The van der Waals surface area contributed by atoms with Gasteiger partial charge in [0.1, 0.15) is 0 Å². The SMILES string of the molecule is CCCCCCCCCCCCCCCCCCCC(N)=O.Cl. The molecular weight excluding hydrogens is 306 g/mol. The van der Waals surface area contributed by atoms with Gasteiger partial charge in [-0.15, -0.1) is 12.4 Å². The third-order valence-electron chi connectivity index (χ3n) is 4.53. The summed E-state index contributed by atoms with van der Waals surface area (Å²) in [5, 5.41) is 0. The number of unbranched alkanes of at least 4 members (excludes halogenated alkanes) is 16. The fourth-order valence-corrected chi connectivity index (χ4v) is 3.02. The van der Waals surface area contributed by atoms with Crippen molar-refractivity contribution < 1.29 is 4.79 Å². The molecule has 0 heterocycles. The Hall–Kier alpha value is -0.240. The highest BCUT2D eigenvalue weighted by Gasteiger charge is 1.96. The normalized spacial score (nSPS) is 10.5. The Balaban J connectivity index is 0. The van der Waals surface area contributed by atoms with E-state index in [-0.39, 0.29) is 18.3 Å². The van der Waals surface area contributed by atoms with E-state index in [9.17, 15) is 4.79 Å². The number of hydrogen-bond donors (Lipinski definition) is 1. The second kappa shape index (κ2) is 21.8. The van der Waals surface area contributed by atoms with Gasteiger partial charge in [0.2, 0.25) is 5.91 Å². The van der Waals surface area contributed by atoms with Crippen molar-refractivity contribution in [2.75, 3.05) is 0 Å². The van der Waals surface area contributed by atoms with Crippen molar-refractivity contribution in [1.29, 1.82) is 0 Å². The number of carbonyl (C=O) groups excluding carboxylic acids is 1. The highest BCUT2D eigenvalue weighted by atomic mass is 35.5. The van der Waals surface area contributed by atoms with E-state index in [1.807, 2.05) is 0 Å². The van der Waals surface area contributed by atoms with Gasteiger partial charge in [0.25, 0.3) is 0 Å². The van der Waals surface area contributed by atoms with Crippen molar-refractivity contribution >= 4 is 18.3 Å². The van der Waals surface area contributed by atoms with Crippen LogP contribution in [-0.4, -0.2) is 5.91 Å². The van der Waals surface area contributed by atoms with Crippen LogP contribution >= 0.6 is 12.4 Å². The Kier molecular flexibility index (Phi) is 23.7. The van der Waals surface area contributed by atoms with E-state index in [1.165, 1.54) is 103 Å². The third kappa shape index (κ3) is 24.1.